The van der Waals surface area contributed by atoms with Gasteiger partial charge in [-0.3, -0.25) is 9.78 Å². The van der Waals surface area contributed by atoms with Crippen molar-refractivity contribution in [1.29, 1.82) is 0 Å². The molecule has 0 spiro atoms. The van der Waals surface area contributed by atoms with Gasteiger partial charge in [0.2, 0.25) is 5.91 Å². The van der Waals surface area contributed by atoms with Gasteiger partial charge in [-0.05, 0) is 66.9 Å². The Labute approximate surface area is 196 Å². The van der Waals surface area contributed by atoms with E-state index in [4.69, 9.17) is 14.2 Å². The Morgan fingerprint density at radius 3 is 2.24 bits per heavy atom. The number of anilines is 1. The normalized spacial score (nSPS) is 13.9. The maximum absolute atomic E-state index is 13.3. The second-order valence-electron chi connectivity index (χ2n) is 8.20. The van der Waals surface area contributed by atoms with Crippen LogP contribution < -0.4 is 19.5 Å². The summed E-state index contributed by atoms with van der Waals surface area (Å²) in [5, 5.41) is 3.76. The highest BCUT2D eigenvalue weighted by atomic mass is 19.1. The highest BCUT2D eigenvalue weighted by Crippen LogP contribution is 2.49. The number of hydrogen-bond donors (Lipinski definition) is 1. The largest absolute Gasteiger partial charge is 0.493 e. The first-order valence-electron chi connectivity index (χ1n) is 10.9. The van der Waals surface area contributed by atoms with Gasteiger partial charge in [0.1, 0.15) is 17.3 Å². The van der Waals surface area contributed by atoms with Gasteiger partial charge < -0.3 is 19.5 Å². The Morgan fingerprint density at radius 2 is 1.59 bits per heavy atom. The minimum absolute atomic E-state index is 0.0889. The summed E-state index contributed by atoms with van der Waals surface area (Å²) in [6.45, 7) is 0. The molecule has 172 valence electrons. The third-order valence-electron chi connectivity index (χ3n) is 6.13. The van der Waals surface area contributed by atoms with E-state index < -0.39 is 5.41 Å². The molecule has 1 fully saturated rings. The molecule has 0 atom stereocenters. The van der Waals surface area contributed by atoms with Crippen molar-refractivity contribution in [2.75, 3.05) is 19.5 Å². The Balaban J connectivity index is 1.33. The fourth-order valence-electron chi connectivity index (χ4n) is 4.06. The van der Waals surface area contributed by atoms with Crippen molar-refractivity contribution in [3.63, 3.8) is 0 Å². The van der Waals surface area contributed by atoms with E-state index in [2.05, 4.69) is 10.3 Å². The Kier molecular flexibility index (Phi) is 5.53. The third-order valence-corrected chi connectivity index (χ3v) is 6.13. The highest BCUT2D eigenvalue weighted by Gasteiger charge is 2.51. The van der Waals surface area contributed by atoms with Crippen molar-refractivity contribution in [2.45, 2.75) is 18.3 Å². The summed E-state index contributed by atoms with van der Waals surface area (Å²) in [5.41, 5.74) is 1.63. The van der Waals surface area contributed by atoms with E-state index in [1.54, 1.807) is 68.9 Å². The van der Waals surface area contributed by atoms with Crippen LogP contribution in [0.5, 0.6) is 23.0 Å². The number of methoxy groups -OCH3 is 2. The molecule has 1 aliphatic carbocycles. The van der Waals surface area contributed by atoms with Crippen LogP contribution in [-0.4, -0.2) is 25.1 Å². The number of pyridine rings is 1. The first-order chi connectivity index (χ1) is 16.5. The highest BCUT2D eigenvalue weighted by molar-refractivity contribution is 6.01. The number of benzene rings is 3. The quantitative estimate of drug-likeness (QED) is 0.376. The predicted molar refractivity (Wildman–Crippen MR) is 127 cm³/mol. The first-order valence-corrected chi connectivity index (χ1v) is 10.9. The molecule has 1 heterocycles. The maximum Gasteiger partial charge on any atom is 0.235 e. The fourth-order valence-corrected chi connectivity index (χ4v) is 4.06. The second-order valence-corrected chi connectivity index (χ2v) is 8.20. The molecule has 0 saturated heterocycles. The number of aromatic nitrogens is 1. The molecule has 1 N–H and O–H groups in total. The van der Waals surface area contributed by atoms with Gasteiger partial charge in [-0.1, -0.05) is 12.1 Å². The molecule has 34 heavy (non-hydrogen) atoms. The van der Waals surface area contributed by atoms with E-state index in [1.165, 1.54) is 12.1 Å². The number of nitrogens with zero attached hydrogens (tertiary/aromatic N) is 1. The molecule has 0 aliphatic heterocycles. The van der Waals surface area contributed by atoms with E-state index in [-0.39, 0.29) is 11.7 Å². The Hall–Kier alpha value is -4.13. The van der Waals surface area contributed by atoms with Crippen molar-refractivity contribution < 1.29 is 23.4 Å². The summed E-state index contributed by atoms with van der Waals surface area (Å²) in [4.78, 5) is 17.3. The van der Waals surface area contributed by atoms with E-state index in [1.807, 2.05) is 6.07 Å². The van der Waals surface area contributed by atoms with Gasteiger partial charge in [-0.2, -0.15) is 0 Å². The zero-order valence-corrected chi connectivity index (χ0v) is 18.8. The zero-order chi connectivity index (χ0) is 23.7. The molecule has 4 aromatic rings. The van der Waals surface area contributed by atoms with E-state index in [0.717, 1.165) is 29.3 Å². The summed E-state index contributed by atoms with van der Waals surface area (Å²) in [7, 11) is 3.16. The SMILES string of the molecule is COc1cc2nccc(Oc3ccc(NC(=O)C4(c5ccc(F)cc5)CC4)cc3)c2cc1OC. The molecule has 7 heteroatoms. The molecule has 1 aliphatic rings. The van der Waals surface area contributed by atoms with E-state index >= 15 is 0 Å². The number of fused-ring (bicyclic) bond motifs is 1. The third kappa shape index (κ3) is 4.01. The van der Waals surface area contributed by atoms with Gasteiger partial charge in [-0.25, -0.2) is 4.39 Å². The fraction of sp³-hybridized carbons (Fsp3) is 0.185. The molecule has 0 unspecified atom stereocenters. The van der Waals surface area contributed by atoms with Crippen LogP contribution >= 0.6 is 0 Å². The molecule has 0 bridgehead atoms. The van der Waals surface area contributed by atoms with Crippen molar-refractivity contribution >= 4 is 22.5 Å². The number of carbonyl (C=O) groups excluding carboxylic acids is 1. The van der Waals surface area contributed by atoms with Crippen LogP contribution in [-0.2, 0) is 10.2 Å². The van der Waals surface area contributed by atoms with Gasteiger partial charge in [-0.15, -0.1) is 0 Å². The molecule has 0 radical (unpaired) electrons. The molecule has 1 aromatic heterocycles. The summed E-state index contributed by atoms with van der Waals surface area (Å²) < 4.78 is 30.1. The van der Waals surface area contributed by atoms with Crippen LogP contribution in [0.15, 0.2) is 72.9 Å². The average Bonchev–Trinajstić information content (AvgIpc) is 3.67. The first kappa shape index (κ1) is 21.7. The molecule has 1 saturated carbocycles. The summed E-state index contributed by atoms with van der Waals surface area (Å²) in [6.07, 6.45) is 3.16. The lowest BCUT2D eigenvalue weighted by atomic mass is 9.95. The predicted octanol–water partition coefficient (Wildman–Crippen LogP) is 5.85. The molecule has 5 rings (SSSR count). The number of rotatable bonds is 7. The molecule has 1 amide bonds. The van der Waals surface area contributed by atoms with Crippen molar-refractivity contribution in [2.24, 2.45) is 0 Å². The van der Waals surface area contributed by atoms with E-state index in [9.17, 15) is 9.18 Å². The van der Waals surface area contributed by atoms with E-state index in [0.29, 0.717) is 28.7 Å². The lowest BCUT2D eigenvalue weighted by Crippen LogP contribution is -2.27. The summed E-state index contributed by atoms with van der Waals surface area (Å²) >= 11 is 0. The monoisotopic (exact) mass is 458 g/mol. The van der Waals surface area contributed by atoms with Crippen molar-refractivity contribution in [3.8, 4) is 23.0 Å². The summed E-state index contributed by atoms with van der Waals surface area (Å²) in [6, 6.07) is 18.7. The van der Waals surface area contributed by atoms with Crippen LogP contribution in [0, 0.1) is 5.82 Å². The topological polar surface area (TPSA) is 69.7 Å². The van der Waals surface area contributed by atoms with Gasteiger partial charge in [0.15, 0.2) is 11.5 Å². The van der Waals surface area contributed by atoms with Crippen molar-refractivity contribution in [1.82, 2.24) is 4.98 Å². The maximum atomic E-state index is 13.3. The molecular formula is C27H23FN2O4. The lowest BCUT2D eigenvalue weighted by molar-refractivity contribution is -0.118. The van der Waals surface area contributed by atoms with Crippen LogP contribution in [0.2, 0.25) is 0 Å². The van der Waals surface area contributed by atoms with Gasteiger partial charge in [0, 0.05) is 23.3 Å². The minimum atomic E-state index is -0.584. The molecule has 6 nitrogen and oxygen atoms in total. The lowest BCUT2D eigenvalue weighted by Gasteiger charge is -2.16. The van der Waals surface area contributed by atoms with Gasteiger partial charge in [0.25, 0.3) is 0 Å². The van der Waals surface area contributed by atoms with Crippen LogP contribution in [0.4, 0.5) is 10.1 Å². The number of carbonyl (C=O) groups is 1. The smallest absolute Gasteiger partial charge is 0.235 e. The summed E-state index contributed by atoms with van der Waals surface area (Å²) in [5.74, 6) is 2.01. The Morgan fingerprint density at radius 1 is 0.912 bits per heavy atom. The Bertz CT molecular complexity index is 1350. The second kappa shape index (κ2) is 8.67. The van der Waals surface area contributed by atoms with Crippen LogP contribution in [0.3, 0.4) is 0 Å². The molecular weight excluding hydrogens is 435 g/mol. The number of nitrogens with one attached hydrogen (secondary N) is 1. The number of ether oxygens (including phenoxy) is 3. The standard InChI is InChI=1S/C27H23FN2O4/c1-32-24-15-21-22(16-25(24)33-2)29-14-11-23(21)34-20-9-7-19(8-10-20)30-26(31)27(12-13-27)17-3-5-18(28)6-4-17/h3-11,14-16H,12-13H2,1-2H3,(H,30,31). The van der Waals surface area contributed by atoms with Gasteiger partial charge in [0.05, 0.1) is 25.2 Å². The van der Waals surface area contributed by atoms with Crippen molar-refractivity contribution in [3.05, 3.63) is 84.3 Å². The molecule has 3 aromatic carbocycles. The van der Waals surface area contributed by atoms with Gasteiger partial charge >= 0.3 is 0 Å². The van der Waals surface area contributed by atoms with Crippen LogP contribution in [0.25, 0.3) is 10.9 Å². The average molecular weight is 458 g/mol. The number of hydrogen-bond acceptors (Lipinski definition) is 5. The minimum Gasteiger partial charge on any atom is -0.493 e. The van der Waals surface area contributed by atoms with Crippen LogP contribution in [0.1, 0.15) is 18.4 Å². The number of halogens is 1. The zero-order valence-electron chi connectivity index (χ0n) is 18.8. The number of amides is 1.